The molecule has 0 aromatic heterocycles. The SMILES string of the molecule is COCCOCCOC(=O)c1cc(Cl)cc(PC)c1. The van der Waals surface area contributed by atoms with Crippen molar-refractivity contribution in [1.29, 1.82) is 0 Å². The minimum atomic E-state index is -0.377. The van der Waals surface area contributed by atoms with Crippen molar-refractivity contribution in [3.8, 4) is 0 Å². The lowest BCUT2D eigenvalue weighted by molar-refractivity contribution is 0.0214. The summed E-state index contributed by atoms with van der Waals surface area (Å²) in [5.74, 6) is -0.377. The summed E-state index contributed by atoms with van der Waals surface area (Å²) in [5, 5.41) is 1.59. The highest BCUT2D eigenvalue weighted by Crippen LogP contribution is 2.15. The van der Waals surface area contributed by atoms with Gasteiger partial charge in [0, 0.05) is 12.1 Å². The third-order valence-electron chi connectivity index (χ3n) is 2.31. The first-order valence-electron chi connectivity index (χ1n) is 5.89. The van der Waals surface area contributed by atoms with Gasteiger partial charge < -0.3 is 14.2 Å². The van der Waals surface area contributed by atoms with Crippen LogP contribution in [0.1, 0.15) is 10.4 Å². The van der Waals surface area contributed by atoms with E-state index in [0.29, 0.717) is 39.0 Å². The van der Waals surface area contributed by atoms with E-state index >= 15 is 0 Å². The lowest BCUT2D eigenvalue weighted by Gasteiger charge is -2.07. The van der Waals surface area contributed by atoms with Gasteiger partial charge in [-0.3, -0.25) is 0 Å². The maximum absolute atomic E-state index is 11.8. The number of hydrogen-bond donors (Lipinski definition) is 0. The van der Waals surface area contributed by atoms with E-state index in [4.69, 9.17) is 25.8 Å². The van der Waals surface area contributed by atoms with E-state index in [1.54, 1.807) is 19.2 Å². The Bertz CT molecular complexity index is 412. The molecule has 1 aromatic carbocycles. The molecule has 0 aliphatic heterocycles. The standard InChI is InChI=1S/C13H18ClO4P/c1-16-3-4-17-5-6-18-13(15)10-7-11(14)9-12(8-10)19-2/h7-9,19H,3-6H2,1-2H3. The quantitative estimate of drug-likeness (QED) is 0.419. The smallest absolute Gasteiger partial charge is 0.338 e. The average Bonchev–Trinajstić information content (AvgIpc) is 2.41. The number of hydrogen-bond acceptors (Lipinski definition) is 4. The molecule has 0 spiro atoms. The van der Waals surface area contributed by atoms with Crippen LogP contribution in [0.4, 0.5) is 0 Å². The van der Waals surface area contributed by atoms with Gasteiger partial charge in [0.25, 0.3) is 0 Å². The Hall–Kier alpha value is -0.670. The second-order valence-corrected chi connectivity index (χ2v) is 5.23. The van der Waals surface area contributed by atoms with Crippen molar-refractivity contribution in [2.24, 2.45) is 0 Å². The zero-order valence-corrected chi connectivity index (χ0v) is 12.8. The van der Waals surface area contributed by atoms with Gasteiger partial charge in [0.1, 0.15) is 6.61 Å². The van der Waals surface area contributed by atoms with Crippen LogP contribution in [0.15, 0.2) is 18.2 Å². The molecule has 0 bridgehead atoms. The van der Waals surface area contributed by atoms with Crippen LogP contribution < -0.4 is 5.30 Å². The molecule has 0 radical (unpaired) electrons. The Morgan fingerprint density at radius 3 is 2.63 bits per heavy atom. The van der Waals surface area contributed by atoms with Crippen molar-refractivity contribution in [3.63, 3.8) is 0 Å². The maximum Gasteiger partial charge on any atom is 0.338 e. The third-order valence-corrected chi connectivity index (χ3v) is 3.40. The van der Waals surface area contributed by atoms with Crippen molar-refractivity contribution in [3.05, 3.63) is 28.8 Å². The highest BCUT2D eigenvalue weighted by molar-refractivity contribution is 7.46. The molecule has 0 saturated heterocycles. The van der Waals surface area contributed by atoms with Crippen molar-refractivity contribution in [1.82, 2.24) is 0 Å². The van der Waals surface area contributed by atoms with E-state index in [1.807, 2.05) is 12.7 Å². The zero-order chi connectivity index (χ0) is 14.1. The second kappa shape index (κ2) is 9.27. The summed E-state index contributed by atoms with van der Waals surface area (Å²) in [6.07, 6.45) is 0. The molecule has 0 aliphatic rings. The fourth-order valence-corrected chi connectivity index (χ4v) is 2.30. The zero-order valence-electron chi connectivity index (χ0n) is 11.1. The summed E-state index contributed by atoms with van der Waals surface area (Å²) in [6, 6.07) is 5.27. The number of halogens is 1. The van der Waals surface area contributed by atoms with Crippen LogP contribution in [0.3, 0.4) is 0 Å². The van der Waals surface area contributed by atoms with Crippen LogP contribution in [0.25, 0.3) is 0 Å². The fourth-order valence-electron chi connectivity index (χ4n) is 1.37. The molecule has 19 heavy (non-hydrogen) atoms. The fraction of sp³-hybridized carbons (Fsp3) is 0.462. The molecule has 106 valence electrons. The Kier molecular flexibility index (Phi) is 7.99. The van der Waals surface area contributed by atoms with Gasteiger partial charge in [0.05, 0.1) is 25.4 Å². The van der Waals surface area contributed by atoms with Gasteiger partial charge in [-0.25, -0.2) is 4.79 Å². The van der Waals surface area contributed by atoms with Gasteiger partial charge in [-0.1, -0.05) is 20.2 Å². The number of ether oxygens (including phenoxy) is 3. The number of carbonyl (C=O) groups is 1. The Morgan fingerprint density at radius 1 is 1.21 bits per heavy atom. The molecule has 0 fully saturated rings. The van der Waals surface area contributed by atoms with Crippen LogP contribution in [0.5, 0.6) is 0 Å². The van der Waals surface area contributed by atoms with Crippen molar-refractivity contribution >= 4 is 31.5 Å². The lowest BCUT2D eigenvalue weighted by Crippen LogP contribution is -2.13. The first-order valence-corrected chi connectivity index (χ1v) is 7.77. The Balaban J connectivity index is 2.39. The summed E-state index contributed by atoms with van der Waals surface area (Å²) in [7, 11) is 2.19. The van der Waals surface area contributed by atoms with E-state index in [1.165, 1.54) is 0 Å². The molecule has 4 nitrogen and oxygen atoms in total. The van der Waals surface area contributed by atoms with E-state index in [0.717, 1.165) is 5.30 Å². The number of methoxy groups -OCH3 is 1. The van der Waals surface area contributed by atoms with Gasteiger partial charge in [0.2, 0.25) is 0 Å². The first-order chi connectivity index (χ1) is 9.17. The third kappa shape index (κ3) is 6.35. The highest BCUT2D eigenvalue weighted by Gasteiger charge is 2.09. The predicted molar refractivity (Wildman–Crippen MR) is 78.3 cm³/mol. The summed E-state index contributed by atoms with van der Waals surface area (Å²) in [5.41, 5.74) is 0.480. The average molecular weight is 305 g/mol. The van der Waals surface area contributed by atoms with E-state index < -0.39 is 0 Å². The van der Waals surface area contributed by atoms with Crippen LogP contribution in [-0.4, -0.2) is 46.2 Å². The normalized spacial score (nSPS) is 11.1. The number of rotatable bonds is 8. The maximum atomic E-state index is 11.8. The molecule has 0 aliphatic carbocycles. The molecule has 0 N–H and O–H groups in total. The van der Waals surface area contributed by atoms with Gasteiger partial charge in [0.15, 0.2) is 0 Å². The largest absolute Gasteiger partial charge is 0.460 e. The Labute approximate surface area is 120 Å². The summed E-state index contributed by atoms with van der Waals surface area (Å²) < 4.78 is 15.1. The van der Waals surface area contributed by atoms with Gasteiger partial charge in [-0.15, -0.1) is 0 Å². The lowest BCUT2D eigenvalue weighted by atomic mass is 10.2. The van der Waals surface area contributed by atoms with Crippen molar-refractivity contribution in [2.45, 2.75) is 0 Å². The van der Waals surface area contributed by atoms with Gasteiger partial charge in [-0.2, -0.15) is 0 Å². The molecule has 0 amide bonds. The molecule has 1 aromatic rings. The molecule has 1 atom stereocenters. The molecular weight excluding hydrogens is 287 g/mol. The van der Waals surface area contributed by atoms with Gasteiger partial charge in [-0.05, 0) is 30.2 Å². The minimum absolute atomic E-state index is 0.221. The predicted octanol–water partition coefficient (Wildman–Crippen LogP) is 2.09. The Morgan fingerprint density at radius 2 is 1.95 bits per heavy atom. The molecule has 6 heteroatoms. The van der Waals surface area contributed by atoms with E-state index in [9.17, 15) is 4.79 Å². The molecule has 0 saturated carbocycles. The van der Waals surface area contributed by atoms with Crippen LogP contribution in [-0.2, 0) is 14.2 Å². The summed E-state index contributed by atoms with van der Waals surface area (Å²) in [4.78, 5) is 11.8. The van der Waals surface area contributed by atoms with E-state index in [2.05, 4.69) is 0 Å². The minimum Gasteiger partial charge on any atom is -0.460 e. The van der Waals surface area contributed by atoms with Crippen molar-refractivity contribution in [2.75, 3.05) is 40.2 Å². The monoisotopic (exact) mass is 304 g/mol. The second-order valence-electron chi connectivity index (χ2n) is 3.72. The number of esters is 1. The summed E-state index contributed by atoms with van der Waals surface area (Å²) in [6.45, 7) is 3.64. The first kappa shape index (κ1) is 16.4. The topological polar surface area (TPSA) is 44.8 Å². The van der Waals surface area contributed by atoms with Gasteiger partial charge >= 0.3 is 5.97 Å². The summed E-state index contributed by atoms with van der Waals surface area (Å²) >= 11 is 5.95. The number of carbonyl (C=O) groups excluding carboxylic acids is 1. The molecule has 1 rings (SSSR count). The van der Waals surface area contributed by atoms with Crippen LogP contribution >= 0.6 is 20.2 Å². The molecular formula is C13H18ClO4P. The van der Waals surface area contributed by atoms with Crippen LogP contribution in [0.2, 0.25) is 5.02 Å². The molecule has 1 unspecified atom stereocenters. The highest BCUT2D eigenvalue weighted by atomic mass is 35.5. The number of benzene rings is 1. The van der Waals surface area contributed by atoms with Crippen molar-refractivity contribution < 1.29 is 19.0 Å². The molecule has 0 heterocycles. The van der Waals surface area contributed by atoms with Crippen LogP contribution in [0, 0.1) is 0 Å². The van der Waals surface area contributed by atoms with E-state index in [-0.39, 0.29) is 12.6 Å².